The van der Waals surface area contributed by atoms with Crippen molar-refractivity contribution in [1.29, 1.82) is 0 Å². The van der Waals surface area contributed by atoms with Gasteiger partial charge in [0.25, 0.3) is 5.91 Å². The summed E-state index contributed by atoms with van der Waals surface area (Å²) >= 11 is 0. The second-order valence-corrected chi connectivity index (χ2v) is 6.01. The van der Waals surface area contributed by atoms with Crippen molar-refractivity contribution in [1.82, 2.24) is 9.62 Å². The van der Waals surface area contributed by atoms with E-state index < -0.39 is 16.2 Å². The number of amides is 1. The highest BCUT2D eigenvalue weighted by molar-refractivity contribution is 7.90. The molecule has 1 rings (SSSR count). The van der Waals surface area contributed by atoms with E-state index in [1.165, 1.54) is 38.4 Å². The molecule has 0 spiro atoms. The third-order valence-electron chi connectivity index (χ3n) is 2.67. The highest BCUT2D eigenvalue weighted by Gasteiger charge is 2.18. The van der Waals surface area contributed by atoms with Gasteiger partial charge in [0, 0.05) is 31.9 Å². The molecule has 21 heavy (non-hydrogen) atoms. The summed E-state index contributed by atoms with van der Waals surface area (Å²) in [6.45, 7) is -0.138. The van der Waals surface area contributed by atoms with Crippen LogP contribution < -0.4 is 10.0 Å². The Bertz CT molecular complexity index is 612. The summed E-state index contributed by atoms with van der Waals surface area (Å²) in [6.07, 6.45) is -0.285. The number of nitrogens with zero attached hydrogens (tertiary/aromatic N) is 1. The van der Waals surface area contributed by atoms with Crippen LogP contribution >= 0.6 is 0 Å². The zero-order chi connectivity index (χ0) is 16.0. The Morgan fingerprint density at radius 1 is 1.24 bits per heavy atom. The molecule has 0 heterocycles. The van der Waals surface area contributed by atoms with E-state index in [4.69, 9.17) is 5.11 Å². The van der Waals surface area contributed by atoms with E-state index in [0.29, 0.717) is 5.56 Å². The second kappa shape index (κ2) is 7.04. The van der Waals surface area contributed by atoms with E-state index in [1.807, 2.05) is 0 Å². The number of carboxylic acid groups (broad SMARTS) is 1. The molecule has 1 amide bonds. The van der Waals surface area contributed by atoms with Crippen LogP contribution in [0.4, 0.5) is 5.69 Å². The lowest BCUT2D eigenvalue weighted by Gasteiger charge is -2.17. The molecule has 0 aliphatic carbocycles. The summed E-state index contributed by atoms with van der Waals surface area (Å²) in [6, 6.07) is 5.86. The van der Waals surface area contributed by atoms with E-state index in [-0.39, 0.29) is 24.6 Å². The highest BCUT2D eigenvalue weighted by atomic mass is 32.2. The fourth-order valence-electron chi connectivity index (χ4n) is 1.43. The van der Waals surface area contributed by atoms with Crippen molar-refractivity contribution in [3.63, 3.8) is 0 Å². The molecule has 0 radical (unpaired) electrons. The number of hydrogen-bond donors (Lipinski definition) is 3. The number of carbonyl (C=O) groups excluding carboxylic acids is 1. The van der Waals surface area contributed by atoms with E-state index in [2.05, 4.69) is 10.0 Å². The number of nitrogens with one attached hydrogen (secondary N) is 2. The maximum absolute atomic E-state index is 11.9. The van der Waals surface area contributed by atoms with Crippen LogP contribution in [0.5, 0.6) is 0 Å². The lowest BCUT2D eigenvalue weighted by atomic mass is 10.2. The smallest absolute Gasteiger partial charge is 0.304 e. The van der Waals surface area contributed by atoms with E-state index >= 15 is 0 Å². The normalized spacial score (nSPS) is 11.2. The zero-order valence-electron chi connectivity index (χ0n) is 11.7. The number of anilines is 1. The summed E-state index contributed by atoms with van der Waals surface area (Å²) in [4.78, 5) is 21.8. The Kier molecular flexibility index (Phi) is 5.68. The van der Waals surface area contributed by atoms with Gasteiger partial charge in [0.15, 0.2) is 0 Å². The number of aliphatic carboxylic acids is 1. The van der Waals surface area contributed by atoms with Gasteiger partial charge in [-0.2, -0.15) is 12.7 Å². The minimum atomic E-state index is -3.83. The number of rotatable bonds is 7. The lowest BCUT2D eigenvalue weighted by molar-refractivity contribution is -0.137. The standard InChI is InChI=1S/C12H17N3O5S/c1-13-12(18)9-3-5-10(6-4-9)14-21(19,20)15(2)8-7-11(16)17/h3-6,14H,7-8H2,1-2H3,(H,13,18)(H,16,17). The summed E-state index contributed by atoms with van der Waals surface area (Å²) in [5, 5.41) is 11.0. The molecular weight excluding hydrogens is 298 g/mol. The van der Waals surface area contributed by atoms with Gasteiger partial charge < -0.3 is 10.4 Å². The van der Waals surface area contributed by atoms with Crippen molar-refractivity contribution in [2.45, 2.75) is 6.42 Å². The lowest BCUT2D eigenvalue weighted by Crippen LogP contribution is -2.34. The van der Waals surface area contributed by atoms with Gasteiger partial charge in [0.05, 0.1) is 6.42 Å². The van der Waals surface area contributed by atoms with Crippen LogP contribution in [0.1, 0.15) is 16.8 Å². The van der Waals surface area contributed by atoms with Crippen molar-refractivity contribution in [2.75, 3.05) is 25.4 Å². The first-order valence-electron chi connectivity index (χ1n) is 6.04. The van der Waals surface area contributed by atoms with E-state index in [9.17, 15) is 18.0 Å². The molecule has 0 saturated heterocycles. The average Bonchev–Trinajstić information content (AvgIpc) is 2.44. The molecule has 1 aromatic carbocycles. The monoisotopic (exact) mass is 315 g/mol. The molecule has 0 bridgehead atoms. The van der Waals surface area contributed by atoms with Gasteiger partial charge in [0.2, 0.25) is 0 Å². The third-order valence-corrected chi connectivity index (χ3v) is 4.17. The van der Waals surface area contributed by atoms with Gasteiger partial charge in [-0.1, -0.05) is 0 Å². The molecule has 116 valence electrons. The van der Waals surface area contributed by atoms with Crippen LogP contribution in [-0.2, 0) is 15.0 Å². The molecule has 0 fully saturated rings. The molecule has 0 atom stereocenters. The maximum Gasteiger partial charge on any atom is 0.304 e. The van der Waals surface area contributed by atoms with Gasteiger partial charge >= 0.3 is 16.2 Å². The van der Waals surface area contributed by atoms with E-state index in [1.54, 1.807) is 0 Å². The van der Waals surface area contributed by atoms with Gasteiger partial charge in [-0.05, 0) is 24.3 Å². The molecule has 8 nitrogen and oxygen atoms in total. The Morgan fingerprint density at radius 3 is 2.29 bits per heavy atom. The molecule has 3 N–H and O–H groups in total. The molecule has 0 saturated carbocycles. The van der Waals surface area contributed by atoms with Crippen LogP contribution in [0.15, 0.2) is 24.3 Å². The summed E-state index contributed by atoms with van der Waals surface area (Å²) in [5.41, 5.74) is 0.685. The number of carboxylic acids is 1. The quantitative estimate of drug-likeness (QED) is 0.660. The van der Waals surface area contributed by atoms with Crippen molar-refractivity contribution >= 4 is 27.8 Å². The Hall–Kier alpha value is -2.13. The predicted octanol–water partition coefficient (Wildman–Crippen LogP) is 0.109. The molecule has 0 aliphatic rings. The summed E-state index contributed by atoms with van der Waals surface area (Å²) in [5.74, 6) is -1.35. The first-order chi connectivity index (χ1) is 9.76. The number of carbonyl (C=O) groups is 2. The predicted molar refractivity (Wildman–Crippen MR) is 77.3 cm³/mol. The minimum Gasteiger partial charge on any atom is -0.481 e. The van der Waals surface area contributed by atoms with Gasteiger partial charge in [-0.25, -0.2) is 0 Å². The van der Waals surface area contributed by atoms with Crippen LogP contribution in [0.3, 0.4) is 0 Å². The van der Waals surface area contributed by atoms with Crippen LogP contribution in [0, 0.1) is 0 Å². The Balaban J connectivity index is 2.75. The fourth-order valence-corrected chi connectivity index (χ4v) is 2.36. The van der Waals surface area contributed by atoms with Crippen molar-refractivity contribution < 1.29 is 23.1 Å². The largest absolute Gasteiger partial charge is 0.481 e. The van der Waals surface area contributed by atoms with E-state index in [0.717, 1.165) is 4.31 Å². The molecular formula is C12H17N3O5S. The number of benzene rings is 1. The van der Waals surface area contributed by atoms with Crippen LogP contribution in [0.25, 0.3) is 0 Å². The number of hydrogen-bond acceptors (Lipinski definition) is 4. The maximum atomic E-state index is 11.9. The van der Waals surface area contributed by atoms with Crippen LogP contribution in [0.2, 0.25) is 0 Å². The minimum absolute atomic E-state index is 0.138. The average molecular weight is 315 g/mol. The summed E-state index contributed by atoms with van der Waals surface area (Å²) < 4.78 is 27.1. The third kappa shape index (κ3) is 5.04. The molecule has 0 aliphatic heterocycles. The summed E-state index contributed by atoms with van der Waals surface area (Å²) in [7, 11) is -1.05. The fraction of sp³-hybridized carbons (Fsp3) is 0.333. The Morgan fingerprint density at radius 2 is 1.81 bits per heavy atom. The molecule has 9 heteroatoms. The van der Waals surface area contributed by atoms with Gasteiger partial charge in [-0.15, -0.1) is 0 Å². The molecule has 1 aromatic rings. The molecule has 0 unspecified atom stereocenters. The van der Waals surface area contributed by atoms with Crippen molar-refractivity contribution in [3.8, 4) is 0 Å². The SMILES string of the molecule is CNC(=O)c1ccc(NS(=O)(=O)N(C)CCC(=O)O)cc1. The van der Waals surface area contributed by atoms with Crippen molar-refractivity contribution in [2.24, 2.45) is 0 Å². The van der Waals surface area contributed by atoms with Gasteiger partial charge in [0.1, 0.15) is 0 Å². The zero-order valence-corrected chi connectivity index (χ0v) is 12.5. The second-order valence-electron chi connectivity index (χ2n) is 4.23. The molecule has 0 aromatic heterocycles. The van der Waals surface area contributed by atoms with Gasteiger partial charge in [-0.3, -0.25) is 14.3 Å². The Labute approximate surface area is 122 Å². The first-order valence-corrected chi connectivity index (χ1v) is 7.48. The highest BCUT2D eigenvalue weighted by Crippen LogP contribution is 2.12. The van der Waals surface area contributed by atoms with Crippen molar-refractivity contribution in [3.05, 3.63) is 29.8 Å². The first kappa shape index (κ1) is 16.9. The van der Waals surface area contributed by atoms with Crippen LogP contribution in [-0.4, -0.2) is 50.3 Å². The topological polar surface area (TPSA) is 116 Å².